The van der Waals surface area contributed by atoms with Crippen LogP contribution >= 0.6 is 11.6 Å². The number of esters is 1. The highest BCUT2D eigenvalue weighted by Gasteiger charge is 2.24. The fraction of sp³-hybridized carbons (Fsp3) is 0.280. The van der Waals surface area contributed by atoms with Crippen molar-refractivity contribution in [1.82, 2.24) is 19.3 Å². The molecule has 0 saturated heterocycles. The Morgan fingerprint density at radius 2 is 2.00 bits per heavy atom. The highest BCUT2D eigenvalue weighted by atomic mass is 35.5. The number of ether oxygens (including phenoxy) is 1. The molecule has 1 aliphatic rings. The molecule has 4 heterocycles. The van der Waals surface area contributed by atoms with Gasteiger partial charge in [-0.05, 0) is 25.0 Å². The van der Waals surface area contributed by atoms with Gasteiger partial charge < -0.3 is 14.2 Å². The lowest BCUT2D eigenvalue weighted by Crippen LogP contribution is -2.28. The molecule has 0 aliphatic carbocycles. The van der Waals surface area contributed by atoms with Crippen LogP contribution in [0, 0.1) is 5.82 Å². The molecule has 1 aliphatic heterocycles. The smallest absolute Gasteiger partial charge is 0.358 e. The molecule has 0 spiro atoms. The summed E-state index contributed by atoms with van der Waals surface area (Å²) in [5.74, 6) is -1.21. The quantitative estimate of drug-likeness (QED) is 0.307. The monoisotopic (exact) mass is 495 g/mol. The number of carbonyl (C=O) groups is 1. The molecule has 5 rings (SSSR count). The van der Waals surface area contributed by atoms with Gasteiger partial charge in [0.15, 0.2) is 16.7 Å². The second-order valence-electron chi connectivity index (χ2n) is 8.30. The Balaban J connectivity index is 1.60. The van der Waals surface area contributed by atoms with Crippen LogP contribution in [-0.4, -0.2) is 38.5 Å². The molecule has 0 unspecified atom stereocenters. The highest BCUT2D eigenvalue weighted by molar-refractivity contribution is 6.30. The molecule has 0 radical (unpaired) electrons. The zero-order chi connectivity index (χ0) is 24.5. The van der Waals surface area contributed by atoms with Gasteiger partial charge in [-0.3, -0.25) is 9.48 Å². The van der Waals surface area contributed by atoms with Crippen LogP contribution in [0.3, 0.4) is 0 Å². The molecule has 10 heteroatoms. The number of fused-ring (bicyclic) bond motifs is 2. The van der Waals surface area contributed by atoms with E-state index in [1.807, 2.05) is 35.2 Å². The average Bonchev–Trinajstić information content (AvgIpc) is 3.15. The SMILES string of the molecule is CCOC(=O)c1cc2n(n1)CCCN(c1cc(=O)n(Cc3ccccc3)c3c(F)c(Cl)ncc13)C2. The van der Waals surface area contributed by atoms with E-state index in [-0.39, 0.29) is 35.1 Å². The Morgan fingerprint density at radius 3 is 2.77 bits per heavy atom. The third-order valence-electron chi connectivity index (χ3n) is 6.05. The summed E-state index contributed by atoms with van der Waals surface area (Å²) >= 11 is 6.03. The van der Waals surface area contributed by atoms with Crippen molar-refractivity contribution in [2.75, 3.05) is 18.1 Å². The molecule has 0 fully saturated rings. The van der Waals surface area contributed by atoms with Crippen molar-refractivity contribution in [3.05, 3.63) is 86.9 Å². The number of pyridine rings is 2. The lowest BCUT2D eigenvalue weighted by molar-refractivity contribution is 0.0518. The predicted molar refractivity (Wildman–Crippen MR) is 130 cm³/mol. The molecule has 0 N–H and O–H groups in total. The molecular formula is C25H23ClFN5O3. The Kier molecular flexibility index (Phi) is 6.25. The number of benzene rings is 1. The summed E-state index contributed by atoms with van der Waals surface area (Å²) in [7, 11) is 0. The normalized spacial score (nSPS) is 13.5. The van der Waals surface area contributed by atoms with Crippen molar-refractivity contribution in [3.63, 3.8) is 0 Å². The second kappa shape index (κ2) is 9.50. The lowest BCUT2D eigenvalue weighted by Gasteiger charge is -2.25. The number of nitrogens with zero attached hydrogens (tertiary/aromatic N) is 5. The van der Waals surface area contributed by atoms with E-state index in [9.17, 15) is 9.59 Å². The zero-order valence-electron chi connectivity index (χ0n) is 19.1. The van der Waals surface area contributed by atoms with Gasteiger partial charge in [-0.2, -0.15) is 5.10 Å². The minimum absolute atomic E-state index is 0.112. The number of rotatable bonds is 5. The van der Waals surface area contributed by atoms with E-state index < -0.39 is 11.8 Å². The van der Waals surface area contributed by atoms with Crippen molar-refractivity contribution in [3.8, 4) is 0 Å². The van der Waals surface area contributed by atoms with E-state index >= 15 is 4.39 Å². The summed E-state index contributed by atoms with van der Waals surface area (Å²) in [5.41, 5.74) is 2.23. The molecule has 4 aromatic rings. The molecule has 0 amide bonds. The fourth-order valence-corrected chi connectivity index (χ4v) is 4.58. The standard InChI is InChI=1S/C25H23ClFN5O3/c1-2-35-25(34)19-11-17-15-30(9-6-10-32(17)29-19)20-12-21(33)31(14-16-7-4-3-5-8-16)23-18(20)13-28-24(26)22(23)27/h3-5,7-8,11-13H,2,6,9-10,14-15H2,1H3. The first kappa shape index (κ1) is 23.0. The van der Waals surface area contributed by atoms with Gasteiger partial charge in [0, 0.05) is 30.7 Å². The van der Waals surface area contributed by atoms with E-state index in [2.05, 4.69) is 10.1 Å². The van der Waals surface area contributed by atoms with Crippen molar-refractivity contribution in [2.24, 2.45) is 0 Å². The molecule has 3 aromatic heterocycles. The number of hydrogen-bond donors (Lipinski definition) is 0. The Labute approximate surface area is 205 Å². The van der Waals surface area contributed by atoms with Gasteiger partial charge >= 0.3 is 5.97 Å². The molecular weight excluding hydrogens is 473 g/mol. The van der Waals surface area contributed by atoms with Crippen molar-refractivity contribution >= 4 is 34.2 Å². The number of hydrogen-bond acceptors (Lipinski definition) is 6. The largest absolute Gasteiger partial charge is 0.461 e. The third kappa shape index (κ3) is 4.39. The summed E-state index contributed by atoms with van der Waals surface area (Å²) < 4.78 is 23.6. The van der Waals surface area contributed by atoms with E-state index in [1.165, 1.54) is 16.8 Å². The first-order valence-corrected chi connectivity index (χ1v) is 11.7. The molecule has 1 aromatic carbocycles. The third-order valence-corrected chi connectivity index (χ3v) is 6.31. The van der Waals surface area contributed by atoms with Crippen LogP contribution in [0.4, 0.5) is 10.1 Å². The van der Waals surface area contributed by atoms with Crippen LogP contribution in [0.25, 0.3) is 10.9 Å². The van der Waals surface area contributed by atoms with Gasteiger partial charge in [-0.1, -0.05) is 41.9 Å². The Hall–Kier alpha value is -3.72. The summed E-state index contributed by atoms with van der Waals surface area (Å²) in [5, 5.41) is 4.58. The number of anilines is 1. The summed E-state index contributed by atoms with van der Waals surface area (Å²) in [6.07, 6.45) is 2.22. The fourth-order valence-electron chi connectivity index (χ4n) is 4.45. The first-order valence-electron chi connectivity index (χ1n) is 11.4. The van der Waals surface area contributed by atoms with E-state index in [0.29, 0.717) is 30.7 Å². The predicted octanol–water partition coefficient (Wildman–Crippen LogP) is 4.02. The summed E-state index contributed by atoms with van der Waals surface area (Å²) in [4.78, 5) is 31.5. The minimum Gasteiger partial charge on any atom is -0.461 e. The number of aryl methyl sites for hydroxylation is 1. The Morgan fingerprint density at radius 1 is 1.20 bits per heavy atom. The lowest BCUT2D eigenvalue weighted by atomic mass is 10.1. The van der Waals surface area contributed by atoms with Gasteiger partial charge in [0.25, 0.3) is 5.56 Å². The topological polar surface area (TPSA) is 82.3 Å². The second-order valence-corrected chi connectivity index (χ2v) is 8.66. The highest BCUT2D eigenvalue weighted by Crippen LogP contribution is 2.31. The Bertz CT molecular complexity index is 1470. The van der Waals surface area contributed by atoms with Crippen LogP contribution in [0.1, 0.15) is 35.1 Å². The molecule has 0 atom stereocenters. The van der Waals surface area contributed by atoms with Crippen molar-refractivity contribution in [2.45, 2.75) is 33.0 Å². The maximum Gasteiger partial charge on any atom is 0.358 e. The van der Waals surface area contributed by atoms with Gasteiger partial charge in [0.1, 0.15) is 0 Å². The maximum absolute atomic E-state index is 15.3. The van der Waals surface area contributed by atoms with Crippen LogP contribution in [0.15, 0.2) is 53.5 Å². The van der Waals surface area contributed by atoms with Crippen LogP contribution in [0.5, 0.6) is 0 Å². The van der Waals surface area contributed by atoms with E-state index in [0.717, 1.165) is 17.7 Å². The molecule has 0 bridgehead atoms. The van der Waals surface area contributed by atoms with Gasteiger partial charge in [-0.15, -0.1) is 0 Å². The van der Waals surface area contributed by atoms with Crippen molar-refractivity contribution < 1.29 is 13.9 Å². The van der Waals surface area contributed by atoms with E-state index in [1.54, 1.807) is 17.7 Å². The van der Waals surface area contributed by atoms with Gasteiger partial charge in [0.2, 0.25) is 0 Å². The molecule has 0 saturated carbocycles. The van der Waals surface area contributed by atoms with E-state index in [4.69, 9.17) is 16.3 Å². The maximum atomic E-state index is 15.3. The molecule has 180 valence electrons. The number of halogens is 2. The summed E-state index contributed by atoms with van der Waals surface area (Å²) in [6, 6.07) is 12.6. The van der Waals surface area contributed by atoms with Gasteiger partial charge in [0.05, 0.1) is 36.6 Å². The minimum atomic E-state index is -0.733. The van der Waals surface area contributed by atoms with Gasteiger partial charge in [-0.25, -0.2) is 14.2 Å². The average molecular weight is 496 g/mol. The number of aromatic nitrogens is 4. The number of carbonyl (C=O) groups excluding carboxylic acids is 1. The van der Waals surface area contributed by atoms with Crippen LogP contribution < -0.4 is 10.5 Å². The van der Waals surface area contributed by atoms with Crippen molar-refractivity contribution in [1.29, 1.82) is 0 Å². The molecule has 8 nitrogen and oxygen atoms in total. The first-order chi connectivity index (χ1) is 17.0. The zero-order valence-corrected chi connectivity index (χ0v) is 19.8. The summed E-state index contributed by atoms with van der Waals surface area (Å²) in [6.45, 7) is 3.80. The van der Waals surface area contributed by atoms with Crippen LogP contribution in [-0.2, 0) is 24.4 Å². The molecule has 35 heavy (non-hydrogen) atoms. The van der Waals surface area contributed by atoms with Crippen LogP contribution in [0.2, 0.25) is 5.15 Å².